The fourth-order valence-corrected chi connectivity index (χ4v) is 6.10. The normalized spacial score (nSPS) is 47.2. The van der Waals surface area contributed by atoms with E-state index in [0.29, 0.717) is 18.7 Å². The number of esters is 1. The maximum absolute atomic E-state index is 12.0. The molecule has 0 aromatic rings. The molecule has 4 fully saturated rings. The van der Waals surface area contributed by atoms with E-state index in [1.165, 1.54) is 44.9 Å². The van der Waals surface area contributed by atoms with Gasteiger partial charge in [0.2, 0.25) is 0 Å². The Labute approximate surface area is 133 Å². The first-order valence-electron chi connectivity index (χ1n) is 9.44. The second-order valence-corrected chi connectivity index (χ2v) is 7.85. The van der Waals surface area contributed by atoms with Crippen LogP contribution in [0, 0.1) is 23.7 Å². The van der Waals surface area contributed by atoms with Crippen molar-refractivity contribution in [2.45, 2.75) is 70.0 Å². The maximum Gasteiger partial charge on any atom is 0.324 e. The second kappa shape index (κ2) is 6.12. The highest BCUT2D eigenvalue weighted by molar-refractivity contribution is 5.76. The molecule has 4 heteroatoms. The quantitative estimate of drug-likeness (QED) is 0.767. The molecule has 0 aromatic heterocycles. The maximum atomic E-state index is 12.0. The lowest BCUT2D eigenvalue weighted by molar-refractivity contribution is -0.147. The third kappa shape index (κ3) is 2.48. The van der Waals surface area contributed by atoms with Crippen molar-refractivity contribution in [2.75, 3.05) is 13.2 Å². The molecule has 22 heavy (non-hydrogen) atoms. The molecule has 7 atom stereocenters. The van der Waals surface area contributed by atoms with Crippen molar-refractivity contribution in [3.63, 3.8) is 0 Å². The van der Waals surface area contributed by atoms with Crippen molar-refractivity contribution < 1.29 is 9.53 Å². The van der Waals surface area contributed by atoms with Crippen molar-refractivity contribution >= 4 is 5.97 Å². The number of nitrogens with one attached hydrogen (secondary N) is 2. The standard InChI is InChI=1S/C18H30N2O2/c1-2-22-18(21)16-10-19-17-14-7-6-11-4-3-5-12(11)13(14)8-9-15(17)20-16/h11-17,19-20H,2-10H2,1H3. The number of ether oxygens (including phenoxy) is 1. The molecule has 0 spiro atoms. The number of rotatable bonds is 2. The minimum atomic E-state index is -0.152. The van der Waals surface area contributed by atoms with Gasteiger partial charge in [-0.2, -0.15) is 0 Å². The van der Waals surface area contributed by atoms with Gasteiger partial charge in [-0.15, -0.1) is 0 Å². The molecule has 1 heterocycles. The van der Waals surface area contributed by atoms with E-state index in [2.05, 4.69) is 10.6 Å². The smallest absolute Gasteiger partial charge is 0.324 e. The van der Waals surface area contributed by atoms with Crippen LogP contribution in [0.5, 0.6) is 0 Å². The van der Waals surface area contributed by atoms with Crippen molar-refractivity contribution in [3.05, 3.63) is 0 Å². The molecule has 7 unspecified atom stereocenters. The summed E-state index contributed by atoms with van der Waals surface area (Å²) in [5, 5.41) is 7.32. The molecule has 3 aliphatic carbocycles. The van der Waals surface area contributed by atoms with E-state index in [4.69, 9.17) is 4.74 Å². The van der Waals surface area contributed by atoms with E-state index in [1.807, 2.05) is 6.92 Å². The molecule has 4 nitrogen and oxygen atoms in total. The molecule has 0 radical (unpaired) electrons. The van der Waals surface area contributed by atoms with Crippen LogP contribution >= 0.6 is 0 Å². The second-order valence-electron chi connectivity index (χ2n) is 7.85. The van der Waals surface area contributed by atoms with Gasteiger partial charge in [-0.3, -0.25) is 10.1 Å². The van der Waals surface area contributed by atoms with Gasteiger partial charge in [0.05, 0.1) is 6.61 Å². The van der Waals surface area contributed by atoms with Gasteiger partial charge in [0.25, 0.3) is 0 Å². The highest BCUT2D eigenvalue weighted by Crippen LogP contribution is 2.52. The van der Waals surface area contributed by atoms with Gasteiger partial charge in [-0.1, -0.05) is 12.8 Å². The Kier molecular flexibility index (Phi) is 4.16. The van der Waals surface area contributed by atoms with Crippen LogP contribution < -0.4 is 10.6 Å². The predicted molar refractivity (Wildman–Crippen MR) is 85.4 cm³/mol. The molecule has 2 N–H and O–H groups in total. The zero-order chi connectivity index (χ0) is 15.1. The molecule has 1 aliphatic heterocycles. The lowest BCUT2D eigenvalue weighted by Crippen LogP contribution is -2.68. The lowest BCUT2D eigenvalue weighted by atomic mass is 9.59. The molecule has 1 saturated heterocycles. The Hall–Kier alpha value is -0.610. The number of fused-ring (bicyclic) bond motifs is 5. The van der Waals surface area contributed by atoms with Gasteiger partial charge in [-0.05, 0) is 62.7 Å². The van der Waals surface area contributed by atoms with Crippen LogP contribution in [-0.2, 0) is 9.53 Å². The lowest BCUT2D eigenvalue weighted by Gasteiger charge is -2.53. The summed E-state index contributed by atoms with van der Waals surface area (Å²) in [4.78, 5) is 12.0. The minimum Gasteiger partial charge on any atom is -0.465 e. The molecule has 0 aromatic carbocycles. The number of hydrogen-bond acceptors (Lipinski definition) is 4. The highest BCUT2D eigenvalue weighted by atomic mass is 16.5. The number of carbonyl (C=O) groups is 1. The molecule has 0 amide bonds. The largest absolute Gasteiger partial charge is 0.465 e. The zero-order valence-corrected chi connectivity index (χ0v) is 13.7. The van der Waals surface area contributed by atoms with Gasteiger partial charge < -0.3 is 10.1 Å². The minimum absolute atomic E-state index is 0.0879. The molecule has 0 bridgehead atoms. The van der Waals surface area contributed by atoms with E-state index in [0.717, 1.165) is 30.2 Å². The van der Waals surface area contributed by atoms with Crippen molar-refractivity contribution in [2.24, 2.45) is 23.7 Å². The van der Waals surface area contributed by atoms with Gasteiger partial charge in [0, 0.05) is 18.6 Å². The molecule has 3 saturated carbocycles. The topological polar surface area (TPSA) is 50.4 Å². The number of hydrogen-bond donors (Lipinski definition) is 2. The summed E-state index contributed by atoms with van der Waals surface area (Å²) in [5.74, 6) is 3.71. The van der Waals surface area contributed by atoms with Crippen molar-refractivity contribution in [1.82, 2.24) is 10.6 Å². The first-order chi connectivity index (χ1) is 10.8. The molecular weight excluding hydrogens is 276 g/mol. The molecule has 4 aliphatic rings. The van der Waals surface area contributed by atoms with Gasteiger partial charge >= 0.3 is 5.97 Å². The molecule has 124 valence electrons. The summed E-state index contributed by atoms with van der Waals surface area (Å²) in [6.07, 6.45) is 9.84. The number of carbonyl (C=O) groups excluding carboxylic acids is 1. The Morgan fingerprint density at radius 2 is 1.91 bits per heavy atom. The Morgan fingerprint density at radius 1 is 1.05 bits per heavy atom. The SMILES string of the molecule is CCOC(=O)C1CNC2C(CCC3C4CCCC4CCC32)N1. The van der Waals surface area contributed by atoms with E-state index < -0.39 is 0 Å². The van der Waals surface area contributed by atoms with E-state index >= 15 is 0 Å². The van der Waals surface area contributed by atoms with Crippen LogP contribution in [0.25, 0.3) is 0 Å². The van der Waals surface area contributed by atoms with Crippen molar-refractivity contribution in [1.29, 1.82) is 0 Å². The summed E-state index contributed by atoms with van der Waals surface area (Å²) in [6.45, 7) is 3.08. The third-order valence-corrected chi connectivity index (χ3v) is 6.94. The monoisotopic (exact) mass is 306 g/mol. The third-order valence-electron chi connectivity index (χ3n) is 6.94. The van der Waals surface area contributed by atoms with E-state index in [-0.39, 0.29) is 12.0 Å². The van der Waals surface area contributed by atoms with E-state index in [1.54, 1.807) is 0 Å². The van der Waals surface area contributed by atoms with Crippen LogP contribution in [0.4, 0.5) is 0 Å². The first kappa shape index (κ1) is 14.9. The summed E-state index contributed by atoms with van der Waals surface area (Å²) in [5.41, 5.74) is 0. The summed E-state index contributed by atoms with van der Waals surface area (Å²) < 4.78 is 5.18. The average molecular weight is 306 g/mol. The first-order valence-corrected chi connectivity index (χ1v) is 9.44. The Bertz CT molecular complexity index is 427. The van der Waals surface area contributed by atoms with Gasteiger partial charge in [0.15, 0.2) is 0 Å². The fourth-order valence-electron chi connectivity index (χ4n) is 6.10. The summed E-state index contributed by atoms with van der Waals surface area (Å²) in [6, 6.07) is 0.883. The van der Waals surface area contributed by atoms with Crippen LogP contribution in [0.1, 0.15) is 51.9 Å². The van der Waals surface area contributed by atoms with Crippen LogP contribution in [0.2, 0.25) is 0 Å². The Balaban J connectivity index is 1.43. The summed E-state index contributed by atoms with van der Waals surface area (Å²) in [7, 11) is 0. The Morgan fingerprint density at radius 3 is 2.77 bits per heavy atom. The zero-order valence-electron chi connectivity index (χ0n) is 13.7. The van der Waals surface area contributed by atoms with Crippen LogP contribution in [0.15, 0.2) is 0 Å². The van der Waals surface area contributed by atoms with Crippen LogP contribution in [0.3, 0.4) is 0 Å². The average Bonchev–Trinajstić information content (AvgIpc) is 3.03. The van der Waals surface area contributed by atoms with Gasteiger partial charge in [-0.25, -0.2) is 0 Å². The van der Waals surface area contributed by atoms with E-state index in [9.17, 15) is 4.79 Å². The molecular formula is C18H30N2O2. The predicted octanol–water partition coefficient (Wildman–Crippen LogP) is 2.08. The molecule has 4 rings (SSSR count). The fraction of sp³-hybridized carbons (Fsp3) is 0.944. The summed E-state index contributed by atoms with van der Waals surface area (Å²) >= 11 is 0. The van der Waals surface area contributed by atoms with Crippen LogP contribution in [-0.4, -0.2) is 37.2 Å². The number of piperazine rings is 1. The van der Waals surface area contributed by atoms with Gasteiger partial charge in [0.1, 0.15) is 6.04 Å². The highest BCUT2D eigenvalue weighted by Gasteiger charge is 2.50. The van der Waals surface area contributed by atoms with Crippen molar-refractivity contribution in [3.8, 4) is 0 Å².